The summed E-state index contributed by atoms with van der Waals surface area (Å²) in [4.78, 5) is 18.3. The minimum atomic E-state index is -0.184. The Morgan fingerprint density at radius 2 is 2.44 bits per heavy atom. The molecule has 1 atom stereocenters. The Hall–Kier alpha value is -1.36. The van der Waals surface area contributed by atoms with E-state index >= 15 is 0 Å². The van der Waals surface area contributed by atoms with Crippen LogP contribution >= 0.6 is 0 Å². The molecule has 3 N–H and O–H groups in total. The van der Waals surface area contributed by atoms with Crippen LogP contribution in [0.3, 0.4) is 0 Å². The summed E-state index contributed by atoms with van der Waals surface area (Å²) in [6.07, 6.45) is 3.35. The number of imidazole rings is 1. The van der Waals surface area contributed by atoms with Gasteiger partial charge in [0, 0.05) is 24.6 Å². The molecule has 0 saturated heterocycles. The van der Waals surface area contributed by atoms with Gasteiger partial charge in [0.2, 0.25) is 0 Å². The first-order chi connectivity index (χ1) is 7.63. The van der Waals surface area contributed by atoms with E-state index in [0.29, 0.717) is 25.9 Å². The minimum Gasteiger partial charge on any atom is -0.466 e. The molecular weight excluding hydrogens is 206 g/mol. The number of rotatable bonds is 6. The van der Waals surface area contributed by atoms with Crippen molar-refractivity contribution < 1.29 is 9.53 Å². The summed E-state index contributed by atoms with van der Waals surface area (Å²) in [7, 11) is 0. The number of hydrogen-bond acceptors (Lipinski definition) is 4. The second-order valence-corrected chi connectivity index (χ2v) is 3.78. The first-order valence-electron chi connectivity index (χ1n) is 5.53. The molecule has 0 radical (unpaired) electrons. The van der Waals surface area contributed by atoms with Crippen molar-refractivity contribution in [1.29, 1.82) is 0 Å². The van der Waals surface area contributed by atoms with Gasteiger partial charge >= 0.3 is 5.97 Å². The van der Waals surface area contributed by atoms with Crippen LogP contribution in [0.1, 0.15) is 31.2 Å². The molecule has 0 aliphatic rings. The number of ether oxygens (including phenoxy) is 1. The molecule has 1 unspecified atom stereocenters. The summed E-state index contributed by atoms with van der Waals surface area (Å²) in [6, 6.07) is -0.0496. The second kappa shape index (κ2) is 6.27. The van der Waals surface area contributed by atoms with Crippen molar-refractivity contribution in [3.8, 4) is 0 Å². The average Bonchev–Trinajstić information content (AvgIpc) is 2.62. The Morgan fingerprint density at radius 3 is 3.00 bits per heavy atom. The quantitative estimate of drug-likeness (QED) is 0.706. The number of nitrogens with one attached hydrogen (secondary N) is 1. The van der Waals surface area contributed by atoms with Gasteiger partial charge < -0.3 is 15.5 Å². The first kappa shape index (κ1) is 12.7. The van der Waals surface area contributed by atoms with E-state index in [2.05, 4.69) is 9.97 Å². The zero-order valence-electron chi connectivity index (χ0n) is 9.82. The summed E-state index contributed by atoms with van der Waals surface area (Å²) in [5, 5.41) is 0. The molecule has 5 heteroatoms. The number of H-pyrrole nitrogens is 1. The SMILES string of the molecule is CCOC(=O)CCC(N)Cc1nc[nH]c1C. The monoisotopic (exact) mass is 225 g/mol. The molecule has 1 rings (SSSR count). The van der Waals surface area contributed by atoms with Crippen molar-refractivity contribution in [3.63, 3.8) is 0 Å². The molecule has 0 spiro atoms. The molecule has 16 heavy (non-hydrogen) atoms. The van der Waals surface area contributed by atoms with E-state index in [1.807, 2.05) is 6.92 Å². The zero-order valence-corrected chi connectivity index (χ0v) is 9.82. The Labute approximate surface area is 95.4 Å². The van der Waals surface area contributed by atoms with Crippen molar-refractivity contribution in [3.05, 3.63) is 17.7 Å². The van der Waals surface area contributed by atoms with Crippen LogP contribution in [0.2, 0.25) is 0 Å². The minimum absolute atomic E-state index is 0.0496. The molecule has 0 saturated carbocycles. The summed E-state index contributed by atoms with van der Waals surface area (Å²) < 4.78 is 4.83. The number of nitrogens with zero attached hydrogens (tertiary/aromatic N) is 1. The van der Waals surface area contributed by atoms with E-state index in [1.165, 1.54) is 0 Å². The Kier molecular flexibility index (Phi) is 4.98. The molecule has 1 aromatic rings. The molecule has 5 nitrogen and oxygen atoms in total. The summed E-state index contributed by atoms with van der Waals surface area (Å²) in [5.41, 5.74) is 7.92. The smallest absolute Gasteiger partial charge is 0.305 e. The maximum atomic E-state index is 11.1. The van der Waals surface area contributed by atoms with Gasteiger partial charge in [-0.1, -0.05) is 0 Å². The maximum absolute atomic E-state index is 11.1. The van der Waals surface area contributed by atoms with Crippen LogP contribution < -0.4 is 5.73 Å². The summed E-state index contributed by atoms with van der Waals surface area (Å²) >= 11 is 0. The van der Waals surface area contributed by atoms with E-state index in [-0.39, 0.29) is 12.0 Å². The number of hydrogen-bond donors (Lipinski definition) is 2. The number of carbonyl (C=O) groups is 1. The molecule has 0 aromatic carbocycles. The van der Waals surface area contributed by atoms with Gasteiger partial charge in [-0.3, -0.25) is 4.79 Å². The van der Waals surface area contributed by atoms with Gasteiger partial charge in [-0.05, 0) is 20.3 Å². The Balaban J connectivity index is 2.28. The fourth-order valence-electron chi connectivity index (χ4n) is 1.48. The van der Waals surface area contributed by atoms with Gasteiger partial charge in [0.15, 0.2) is 0 Å². The second-order valence-electron chi connectivity index (χ2n) is 3.78. The number of esters is 1. The Bertz CT molecular complexity index is 336. The highest BCUT2D eigenvalue weighted by Crippen LogP contribution is 2.07. The highest BCUT2D eigenvalue weighted by Gasteiger charge is 2.11. The molecule has 1 heterocycles. The molecule has 90 valence electrons. The van der Waals surface area contributed by atoms with E-state index in [9.17, 15) is 4.79 Å². The van der Waals surface area contributed by atoms with Gasteiger partial charge in [-0.15, -0.1) is 0 Å². The topological polar surface area (TPSA) is 81.0 Å². The zero-order chi connectivity index (χ0) is 12.0. The highest BCUT2D eigenvalue weighted by molar-refractivity contribution is 5.69. The molecule has 0 aliphatic heterocycles. The van der Waals surface area contributed by atoms with Gasteiger partial charge in [0.25, 0.3) is 0 Å². The van der Waals surface area contributed by atoms with Gasteiger partial charge in [0.1, 0.15) is 0 Å². The van der Waals surface area contributed by atoms with Crippen molar-refractivity contribution in [1.82, 2.24) is 9.97 Å². The van der Waals surface area contributed by atoms with Crippen molar-refractivity contribution >= 4 is 5.97 Å². The lowest BCUT2D eigenvalue weighted by molar-refractivity contribution is -0.143. The lowest BCUT2D eigenvalue weighted by Gasteiger charge is -2.09. The normalized spacial score (nSPS) is 12.4. The largest absolute Gasteiger partial charge is 0.466 e. The van der Waals surface area contributed by atoms with Crippen LogP contribution in [0, 0.1) is 6.92 Å². The predicted molar refractivity (Wildman–Crippen MR) is 60.9 cm³/mol. The summed E-state index contributed by atoms with van der Waals surface area (Å²) in [6.45, 7) is 4.18. The molecular formula is C11H19N3O2. The third kappa shape index (κ3) is 4.02. The van der Waals surface area contributed by atoms with Crippen molar-refractivity contribution in [2.45, 2.75) is 39.2 Å². The highest BCUT2D eigenvalue weighted by atomic mass is 16.5. The summed E-state index contributed by atoms with van der Waals surface area (Å²) in [5.74, 6) is -0.184. The molecule has 0 bridgehead atoms. The number of nitrogens with two attached hydrogens (primary N) is 1. The third-order valence-electron chi connectivity index (χ3n) is 2.41. The van der Waals surface area contributed by atoms with Crippen LogP contribution in [-0.2, 0) is 16.0 Å². The molecule has 0 aliphatic carbocycles. The molecule has 1 aromatic heterocycles. The Morgan fingerprint density at radius 1 is 1.69 bits per heavy atom. The van der Waals surface area contributed by atoms with Crippen LogP contribution in [0.5, 0.6) is 0 Å². The molecule has 0 amide bonds. The van der Waals surface area contributed by atoms with Crippen molar-refractivity contribution in [2.24, 2.45) is 5.73 Å². The van der Waals surface area contributed by atoms with Crippen LogP contribution in [0.25, 0.3) is 0 Å². The fraction of sp³-hybridized carbons (Fsp3) is 0.636. The molecule has 0 fully saturated rings. The lowest BCUT2D eigenvalue weighted by atomic mass is 10.1. The number of aromatic amines is 1. The van der Waals surface area contributed by atoms with Crippen LogP contribution in [0.15, 0.2) is 6.33 Å². The third-order valence-corrected chi connectivity index (χ3v) is 2.41. The van der Waals surface area contributed by atoms with E-state index in [0.717, 1.165) is 11.4 Å². The predicted octanol–water partition coefficient (Wildman–Crippen LogP) is 0.931. The van der Waals surface area contributed by atoms with E-state index in [4.69, 9.17) is 10.5 Å². The number of aryl methyl sites for hydroxylation is 1. The van der Waals surface area contributed by atoms with Crippen LogP contribution in [-0.4, -0.2) is 28.6 Å². The standard InChI is InChI=1S/C11H19N3O2/c1-3-16-11(15)5-4-9(12)6-10-8(2)13-7-14-10/h7,9H,3-6,12H2,1-2H3,(H,13,14). The average molecular weight is 225 g/mol. The van der Waals surface area contributed by atoms with Gasteiger partial charge in [0.05, 0.1) is 18.6 Å². The van der Waals surface area contributed by atoms with E-state index < -0.39 is 0 Å². The van der Waals surface area contributed by atoms with E-state index in [1.54, 1.807) is 13.3 Å². The lowest BCUT2D eigenvalue weighted by Crippen LogP contribution is -2.24. The maximum Gasteiger partial charge on any atom is 0.305 e. The van der Waals surface area contributed by atoms with Crippen molar-refractivity contribution in [2.75, 3.05) is 6.61 Å². The fourth-order valence-corrected chi connectivity index (χ4v) is 1.48. The number of carbonyl (C=O) groups excluding carboxylic acids is 1. The number of aromatic nitrogens is 2. The first-order valence-corrected chi connectivity index (χ1v) is 5.53. The van der Waals surface area contributed by atoms with Gasteiger partial charge in [-0.25, -0.2) is 4.98 Å². The van der Waals surface area contributed by atoms with Crippen LogP contribution in [0.4, 0.5) is 0 Å². The van der Waals surface area contributed by atoms with Gasteiger partial charge in [-0.2, -0.15) is 0 Å².